The zero-order valence-corrected chi connectivity index (χ0v) is 14.5. The molecule has 9 heteroatoms. The predicted molar refractivity (Wildman–Crippen MR) is 96.6 cm³/mol. The summed E-state index contributed by atoms with van der Waals surface area (Å²) in [6, 6.07) is 0.937. The van der Waals surface area contributed by atoms with Crippen molar-refractivity contribution in [2.75, 3.05) is 10.6 Å². The maximum atomic E-state index is 14.4. The fourth-order valence-electron chi connectivity index (χ4n) is 2.98. The van der Waals surface area contributed by atoms with Gasteiger partial charge in [-0.25, -0.2) is 19.3 Å². The molecule has 2 atom stereocenters. The SMILES string of the molecule is Cc1ncc(Nc2nc(NC3CCCC[C@@H]3N)c(F)cc2C(N)=O)cn1. The molecule has 1 aliphatic carbocycles. The smallest absolute Gasteiger partial charge is 0.252 e. The van der Waals surface area contributed by atoms with Gasteiger partial charge in [0, 0.05) is 12.1 Å². The van der Waals surface area contributed by atoms with Gasteiger partial charge in [0.05, 0.1) is 23.6 Å². The number of halogens is 1. The van der Waals surface area contributed by atoms with Gasteiger partial charge in [-0.15, -0.1) is 0 Å². The van der Waals surface area contributed by atoms with Crippen molar-refractivity contribution in [1.82, 2.24) is 15.0 Å². The number of rotatable bonds is 5. The highest BCUT2D eigenvalue weighted by Gasteiger charge is 2.24. The maximum Gasteiger partial charge on any atom is 0.252 e. The molecular weight excluding hydrogens is 337 g/mol. The molecule has 1 amide bonds. The molecule has 1 unspecified atom stereocenters. The van der Waals surface area contributed by atoms with Gasteiger partial charge in [0.15, 0.2) is 11.6 Å². The molecule has 8 nitrogen and oxygen atoms in total. The third-order valence-electron chi connectivity index (χ3n) is 4.43. The van der Waals surface area contributed by atoms with Crippen molar-refractivity contribution in [3.05, 3.63) is 35.7 Å². The molecule has 0 radical (unpaired) electrons. The zero-order chi connectivity index (χ0) is 18.7. The normalized spacial score (nSPS) is 19.8. The number of primary amides is 1. The number of nitrogens with one attached hydrogen (secondary N) is 2. The van der Waals surface area contributed by atoms with Crippen LogP contribution in [0.1, 0.15) is 41.9 Å². The van der Waals surface area contributed by atoms with E-state index in [0.29, 0.717) is 11.5 Å². The van der Waals surface area contributed by atoms with Crippen LogP contribution in [0.25, 0.3) is 0 Å². The molecular formula is C17H22FN7O. The van der Waals surface area contributed by atoms with Gasteiger partial charge in [-0.2, -0.15) is 0 Å². The second kappa shape index (κ2) is 7.61. The number of amides is 1. The van der Waals surface area contributed by atoms with E-state index in [9.17, 15) is 9.18 Å². The quantitative estimate of drug-likeness (QED) is 0.640. The minimum absolute atomic E-state index is 0.0351. The lowest BCUT2D eigenvalue weighted by atomic mass is 9.91. The van der Waals surface area contributed by atoms with Crippen LogP contribution >= 0.6 is 0 Å². The standard InChI is InChI=1S/C17H22FN7O/c1-9-21-7-10(8-22-9)23-16-11(15(20)26)6-12(18)17(25-16)24-14-5-3-2-4-13(14)19/h6-8,13-14H,2-5,19H2,1H3,(H2,20,26)(H2,23,24,25)/t13-,14?/m0/s1. The van der Waals surface area contributed by atoms with Crippen LogP contribution in [0.3, 0.4) is 0 Å². The number of nitrogens with two attached hydrogens (primary N) is 2. The zero-order valence-electron chi connectivity index (χ0n) is 14.5. The van der Waals surface area contributed by atoms with Gasteiger partial charge in [-0.3, -0.25) is 4.79 Å². The number of carbonyl (C=O) groups is 1. The Bertz CT molecular complexity index is 796. The number of hydrogen-bond acceptors (Lipinski definition) is 7. The first kappa shape index (κ1) is 18.0. The van der Waals surface area contributed by atoms with E-state index in [2.05, 4.69) is 25.6 Å². The number of aryl methyl sites for hydroxylation is 1. The van der Waals surface area contributed by atoms with Crippen molar-refractivity contribution in [1.29, 1.82) is 0 Å². The summed E-state index contributed by atoms with van der Waals surface area (Å²) in [4.78, 5) is 24.0. The van der Waals surface area contributed by atoms with Crippen molar-refractivity contribution < 1.29 is 9.18 Å². The Morgan fingerprint density at radius 1 is 1.23 bits per heavy atom. The molecule has 0 bridgehead atoms. The Labute approximate surface area is 150 Å². The van der Waals surface area contributed by atoms with Gasteiger partial charge in [-0.1, -0.05) is 12.8 Å². The monoisotopic (exact) mass is 359 g/mol. The van der Waals surface area contributed by atoms with Crippen LogP contribution in [0.15, 0.2) is 18.5 Å². The third kappa shape index (κ3) is 4.05. The lowest BCUT2D eigenvalue weighted by Gasteiger charge is -2.30. The van der Waals surface area contributed by atoms with Gasteiger partial charge >= 0.3 is 0 Å². The van der Waals surface area contributed by atoms with Crippen molar-refractivity contribution in [2.24, 2.45) is 11.5 Å². The Morgan fingerprint density at radius 2 is 1.92 bits per heavy atom. The van der Waals surface area contributed by atoms with Crippen molar-refractivity contribution in [3.63, 3.8) is 0 Å². The number of nitrogens with zero attached hydrogens (tertiary/aromatic N) is 3. The van der Waals surface area contributed by atoms with E-state index in [1.807, 2.05) is 0 Å². The predicted octanol–water partition coefficient (Wildman–Crippen LogP) is 1.84. The molecule has 26 heavy (non-hydrogen) atoms. The highest BCUT2D eigenvalue weighted by Crippen LogP contribution is 2.26. The molecule has 2 aromatic heterocycles. The van der Waals surface area contributed by atoms with Crippen LogP contribution in [0.2, 0.25) is 0 Å². The van der Waals surface area contributed by atoms with Crippen molar-refractivity contribution in [2.45, 2.75) is 44.7 Å². The molecule has 0 aromatic carbocycles. The summed E-state index contributed by atoms with van der Waals surface area (Å²) in [5.74, 6) is -0.660. The van der Waals surface area contributed by atoms with Crippen LogP contribution in [-0.2, 0) is 0 Å². The van der Waals surface area contributed by atoms with Crippen LogP contribution in [0.5, 0.6) is 0 Å². The van der Waals surface area contributed by atoms with Gasteiger partial charge < -0.3 is 22.1 Å². The van der Waals surface area contributed by atoms with Crippen LogP contribution < -0.4 is 22.1 Å². The largest absolute Gasteiger partial charge is 0.365 e. The molecule has 2 heterocycles. The average Bonchev–Trinajstić information content (AvgIpc) is 2.61. The Morgan fingerprint density at radius 3 is 2.58 bits per heavy atom. The summed E-state index contributed by atoms with van der Waals surface area (Å²) < 4.78 is 14.4. The maximum absolute atomic E-state index is 14.4. The Balaban J connectivity index is 1.90. The number of aromatic nitrogens is 3. The fraction of sp³-hybridized carbons (Fsp3) is 0.412. The number of hydrogen-bond donors (Lipinski definition) is 4. The number of carbonyl (C=O) groups excluding carboxylic acids is 1. The number of anilines is 3. The summed E-state index contributed by atoms with van der Waals surface area (Å²) in [5, 5.41) is 5.99. The highest BCUT2D eigenvalue weighted by atomic mass is 19.1. The molecule has 1 saturated carbocycles. The molecule has 2 aromatic rings. The Hall–Kier alpha value is -2.81. The third-order valence-corrected chi connectivity index (χ3v) is 4.43. The molecule has 138 valence electrons. The summed E-state index contributed by atoms with van der Waals surface area (Å²) in [7, 11) is 0. The van der Waals surface area contributed by atoms with Crippen molar-refractivity contribution in [3.8, 4) is 0 Å². The van der Waals surface area contributed by atoms with Crippen molar-refractivity contribution >= 4 is 23.2 Å². The van der Waals surface area contributed by atoms with E-state index < -0.39 is 11.7 Å². The lowest BCUT2D eigenvalue weighted by molar-refractivity contribution is 0.100. The molecule has 0 saturated heterocycles. The summed E-state index contributed by atoms with van der Waals surface area (Å²) in [5.41, 5.74) is 11.9. The van der Waals surface area contributed by atoms with Gasteiger partial charge in [0.1, 0.15) is 11.6 Å². The topological polar surface area (TPSA) is 132 Å². The minimum Gasteiger partial charge on any atom is -0.365 e. The summed E-state index contributed by atoms with van der Waals surface area (Å²) in [6.45, 7) is 1.75. The van der Waals surface area contributed by atoms with Crippen LogP contribution in [0.4, 0.5) is 21.7 Å². The first-order chi connectivity index (χ1) is 12.4. The summed E-state index contributed by atoms with van der Waals surface area (Å²) >= 11 is 0. The second-order valence-electron chi connectivity index (χ2n) is 6.42. The molecule has 1 fully saturated rings. The fourth-order valence-corrected chi connectivity index (χ4v) is 2.98. The van der Waals surface area contributed by atoms with E-state index in [-0.39, 0.29) is 29.3 Å². The first-order valence-electron chi connectivity index (χ1n) is 8.52. The van der Waals surface area contributed by atoms with E-state index >= 15 is 0 Å². The molecule has 3 rings (SSSR count). The van der Waals surface area contributed by atoms with E-state index in [1.54, 1.807) is 19.3 Å². The molecule has 0 spiro atoms. The van der Waals surface area contributed by atoms with Gasteiger partial charge in [0.25, 0.3) is 5.91 Å². The summed E-state index contributed by atoms with van der Waals surface area (Å²) in [6.07, 6.45) is 6.90. The molecule has 0 aliphatic heterocycles. The van der Waals surface area contributed by atoms with Gasteiger partial charge in [-0.05, 0) is 25.8 Å². The first-order valence-corrected chi connectivity index (χ1v) is 8.52. The highest BCUT2D eigenvalue weighted by molar-refractivity contribution is 5.98. The van der Waals surface area contributed by atoms with Gasteiger partial charge in [0.2, 0.25) is 0 Å². The lowest BCUT2D eigenvalue weighted by Crippen LogP contribution is -2.43. The number of pyridine rings is 1. The van der Waals surface area contributed by atoms with Crippen LogP contribution in [0, 0.1) is 12.7 Å². The minimum atomic E-state index is -0.784. The van der Waals surface area contributed by atoms with E-state index in [4.69, 9.17) is 11.5 Å². The second-order valence-corrected chi connectivity index (χ2v) is 6.42. The molecule has 1 aliphatic rings. The molecule has 6 N–H and O–H groups in total. The van der Waals surface area contributed by atoms with E-state index in [0.717, 1.165) is 31.7 Å². The van der Waals surface area contributed by atoms with E-state index in [1.165, 1.54) is 0 Å². The Kier molecular flexibility index (Phi) is 5.27. The van der Waals surface area contributed by atoms with Crippen LogP contribution in [-0.4, -0.2) is 32.9 Å². The average molecular weight is 359 g/mol.